The van der Waals surface area contributed by atoms with E-state index in [1.807, 2.05) is 24.3 Å². The van der Waals surface area contributed by atoms with Gasteiger partial charge in [0.15, 0.2) is 5.78 Å². The first-order valence-electron chi connectivity index (χ1n) is 11.7. The van der Waals surface area contributed by atoms with Crippen molar-refractivity contribution in [3.63, 3.8) is 0 Å². The SMILES string of the molecule is O=C(Nc1ccc(C(=O)/C=C/c2ccc(Cl)cc2Cl)cc1)/C(=C/c1ccc(Br)cc1)NC(=O)c1ccccc1. The van der Waals surface area contributed by atoms with Crippen molar-refractivity contribution in [3.8, 4) is 0 Å². The highest BCUT2D eigenvalue weighted by atomic mass is 79.9. The molecule has 0 aromatic heterocycles. The van der Waals surface area contributed by atoms with Gasteiger partial charge >= 0.3 is 0 Å². The Morgan fingerprint density at radius 1 is 0.769 bits per heavy atom. The summed E-state index contributed by atoms with van der Waals surface area (Å²) in [7, 11) is 0. The number of halogens is 3. The van der Waals surface area contributed by atoms with Gasteiger partial charge in [0, 0.05) is 31.3 Å². The van der Waals surface area contributed by atoms with Crippen LogP contribution in [-0.2, 0) is 4.79 Å². The van der Waals surface area contributed by atoms with Gasteiger partial charge in [0.25, 0.3) is 11.8 Å². The molecule has 0 spiro atoms. The lowest BCUT2D eigenvalue weighted by Gasteiger charge is -2.12. The zero-order valence-corrected chi connectivity index (χ0v) is 23.4. The predicted molar refractivity (Wildman–Crippen MR) is 161 cm³/mol. The summed E-state index contributed by atoms with van der Waals surface area (Å²) in [5, 5.41) is 6.43. The average Bonchev–Trinajstić information content (AvgIpc) is 2.94. The standard InChI is InChI=1S/C31H21BrCl2N2O3/c32-24-12-6-20(7-13-24)18-28(36-30(38)23-4-2-1-3-5-23)31(39)35-26-15-9-22(10-16-26)29(37)17-11-21-8-14-25(33)19-27(21)34/h1-19H,(H,35,39)(H,36,38)/b17-11+,28-18-. The number of anilines is 1. The number of amides is 2. The van der Waals surface area contributed by atoms with E-state index in [0.717, 1.165) is 10.0 Å². The van der Waals surface area contributed by atoms with Crippen LogP contribution in [0.2, 0.25) is 10.0 Å². The Labute approximate surface area is 244 Å². The van der Waals surface area contributed by atoms with Crippen molar-refractivity contribution in [1.29, 1.82) is 0 Å². The van der Waals surface area contributed by atoms with Gasteiger partial charge in [-0.2, -0.15) is 0 Å². The molecule has 0 unspecified atom stereocenters. The first kappa shape index (κ1) is 28.0. The number of carbonyl (C=O) groups excluding carboxylic acids is 3. The van der Waals surface area contributed by atoms with Crippen LogP contribution in [0.3, 0.4) is 0 Å². The van der Waals surface area contributed by atoms with Crippen molar-refractivity contribution in [1.82, 2.24) is 5.32 Å². The van der Waals surface area contributed by atoms with Crippen molar-refractivity contribution in [2.24, 2.45) is 0 Å². The van der Waals surface area contributed by atoms with Gasteiger partial charge in [-0.25, -0.2) is 0 Å². The second-order valence-electron chi connectivity index (χ2n) is 8.32. The molecule has 0 heterocycles. The van der Waals surface area contributed by atoms with Gasteiger partial charge in [-0.15, -0.1) is 0 Å². The smallest absolute Gasteiger partial charge is 0.272 e. The number of ketones is 1. The van der Waals surface area contributed by atoms with Crippen LogP contribution in [0, 0.1) is 0 Å². The van der Waals surface area contributed by atoms with Crippen LogP contribution in [-0.4, -0.2) is 17.6 Å². The number of allylic oxidation sites excluding steroid dienone is 1. The highest BCUT2D eigenvalue weighted by Crippen LogP contribution is 2.22. The normalized spacial score (nSPS) is 11.3. The molecule has 2 amide bonds. The lowest BCUT2D eigenvalue weighted by Crippen LogP contribution is -2.30. The maximum Gasteiger partial charge on any atom is 0.272 e. The molecule has 0 saturated heterocycles. The van der Waals surface area contributed by atoms with Crippen LogP contribution < -0.4 is 10.6 Å². The molecule has 2 N–H and O–H groups in total. The van der Waals surface area contributed by atoms with Crippen molar-refractivity contribution in [3.05, 3.63) is 146 Å². The van der Waals surface area contributed by atoms with E-state index >= 15 is 0 Å². The molecule has 4 rings (SSSR count). The Morgan fingerprint density at radius 2 is 1.46 bits per heavy atom. The summed E-state index contributed by atoms with van der Waals surface area (Å²) in [4.78, 5) is 38.6. The molecule has 0 atom stereocenters. The molecule has 0 aliphatic carbocycles. The first-order valence-corrected chi connectivity index (χ1v) is 13.3. The van der Waals surface area contributed by atoms with Gasteiger partial charge in [0.05, 0.1) is 0 Å². The van der Waals surface area contributed by atoms with Crippen LogP contribution in [0.15, 0.2) is 113 Å². The topological polar surface area (TPSA) is 75.3 Å². The Morgan fingerprint density at radius 3 is 2.13 bits per heavy atom. The molecule has 0 fully saturated rings. The monoisotopic (exact) mass is 618 g/mol. The van der Waals surface area contributed by atoms with Gasteiger partial charge in [-0.3, -0.25) is 14.4 Å². The zero-order chi connectivity index (χ0) is 27.8. The Balaban J connectivity index is 1.49. The minimum absolute atomic E-state index is 0.0640. The Bertz CT molecular complexity index is 1570. The quantitative estimate of drug-likeness (QED) is 0.155. The van der Waals surface area contributed by atoms with Crippen molar-refractivity contribution >= 4 is 74.6 Å². The first-order chi connectivity index (χ1) is 18.8. The van der Waals surface area contributed by atoms with Crippen LogP contribution in [0.4, 0.5) is 5.69 Å². The van der Waals surface area contributed by atoms with Crippen LogP contribution in [0.1, 0.15) is 31.8 Å². The second-order valence-corrected chi connectivity index (χ2v) is 10.1. The molecule has 0 radical (unpaired) electrons. The summed E-state index contributed by atoms with van der Waals surface area (Å²) < 4.78 is 0.889. The van der Waals surface area contributed by atoms with E-state index in [-0.39, 0.29) is 11.5 Å². The van der Waals surface area contributed by atoms with Crippen LogP contribution in [0.25, 0.3) is 12.2 Å². The third-order valence-electron chi connectivity index (χ3n) is 5.51. The maximum absolute atomic E-state index is 13.2. The summed E-state index contributed by atoms with van der Waals surface area (Å²) in [6.07, 6.45) is 4.62. The minimum Gasteiger partial charge on any atom is -0.321 e. The van der Waals surface area contributed by atoms with Gasteiger partial charge in [0.2, 0.25) is 0 Å². The van der Waals surface area contributed by atoms with E-state index in [4.69, 9.17) is 23.2 Å². The number of carbonyl (C=O) groups is 3. The molecule has 0 aliphatic rings. The molecule has 39 heavy (non-hydrogen) atoms. The molecule has 5 nitrogen and oxygen atoms in total. The third-order valence-corrected chi connectivity index (χ3v) is 6.60. The van der Waals surface area contributed by atoms with E-state index in [1.54, 1.807) is 84.9 Å². The van der Waals surface area contributed by atoms with E-state index in [9.17, 15) is 14.4 Å². The molecule has 4 aromatic carbocycles. The van der Waals surface area contributed by atoms with E-state index in [2.05, 4.69) is 26.6 Å². The summed E-state index contributed by atoms with van der Waals surface area (Å²) >= 11 is 15.5. The van der Waals surface area contributed by atoms with Crippen molar-refractivity contribution < 1.29 is 14.4 Å². The van der Waals surface area contributed by atoms with Crippen molar-refractivity contribution in [2.45, 2.75) is 0 Å². The largest absolute Gasteiger partial charge is 0.321 e. The zero-order valence-electron chi connectivity index (χ0n) is 20.3. The van der Waals surface area contributed by atoms with E-state index < -0.39 is 11.8 Å². The lowest BCUT2D eigenvalue weighted by atomic mass is 10.1. The van der Waals surface area contributed by atoms with Gasteiger partial charge < -0.3 is 10.6 Å². The number of benzene rings is 4. The molecule has 0 saturated carbocycles. The maximum atomic E-state index is 13.2. The predicted octanol–water partition coefficient (Wildman–Crippen LogP) is 8.06. The molecular formula is C31H21BrCl2N2O3. The highest BCUT2D eigenvalue weighted by molar-refractivity contribution is 9.10. The second kappa shape index (κ2) is 13.2. The Kier molecular flexibility index (Phi) is 9.49. The molecule has 0 aliphatic heterocycles. The summed E-state index contributed by atoms with van der Waals surface area (Å²) in [6, 6.07) is 27.4. The molecular weight excluding hydrogens is 599 g/mol. The fourth-order valence-electron chi connectivity index (χ4n) is 3.48. The van der Waals surface area contributed by atoms with Gasteiger partial charge in [-0.1, -0.05) is 75.5 Å². The molecule has 8 heteroatoms. The van der Waals surface area contributed by atoms with Crippen LogP contribution in [0.5, 0.6) is 0 Å². The third kappa shape index (κ3) is 8.01. The molecule has 0 bridgehead atoms. The summed E-state index contributed by atoms with van der Waals surface area (Å²) in [5.74, 6) is -1.16. The highest BCUT2D eigenvalue weighted by Gasteiger charge is 2.15. The number of rotatable bonds is 8. The van der Waals surface area contributed by atoms with E-state index in [1.165, 1.54) is 6.08 Å². The fourth-order valence-corrected chi connectivity index (χ4v) is 4.22. The van der Waals surface area contributed by atoms with Crippen LogP contribution >= 0.6 is 39.1 Å². The number of hydrogen-bond acceptors (Lipinski definition) is 3. The average molecular weight is 620 g/mol. The summed E-state index contributed by atoms with van der Waals surface area (Å²) in [5.41, 5.74) is 2.76. The van der Waals surface area contributed by atoms with Gasteiger partial charge in [-0.05, 0) is 90.0 Å². The van der Waals surface area contributed by atoms with Crippen molar-refractivity contribution in [2.75, 3.05) is 5.32 Å². The fraction of sp³-hybridized carbons (Fsp3) is 0. The summed E-state index contributed by atoms with van der Waals surface area (Å²) in [6.45, 7) is 0. The molecule has 4 aromatic rings. The number of hydrogen-bond donors (Lipinski definition) is 2. The lowest BCUT2D eigenvalue weighted by molar-refractivity contribution is -0.113. The Hall–Kier alpha value is -3.97. The molecule has 194 valence electrons. The van der Waals surface area contributed by atoms with Gasteiger partial charge in [0.1, 0.15) is 5.70 Å². The number of nitrogens with one attached hydrogen (secondary N) is 2. The van der Waals surface area contributed by atoms with E-state index in [0.29, 0.717) is 32.4 Å². The minimum atomic E-state index is -0.515.